The van der Waals surface area contributed by atoms with Crippen LogP contribution in [0.5, 0.6) is 11.5 Å². The molecule has 0 unspecified atom stereocenters. The van der Waals surface area contributed by atoms with Gasteiger partial charge in [0, 0.05) is 11.1 Å². The van der Waals surface area contributed by atoms with Crippen molar-refractivity contribution in [3.63, 3.8) is 0 Å². The number of ether oxygens (including phenoxy) is 2. The third-order valence-corrected chi connectivity index (χ3v) is 4.76. The first-order valence-electron chi connectivity index (χ1n) is 9.18. The Hall–Kier alpha value is -3.08. The van der Waals surface area contributed by atoms with Crippen LogP contribution in [-0.4, -0.2) is 26.0 Å². The zero-order valence-electron chi connectivity index (χ0n) is 17.2. The zero-order valence-corrected chi connectivity index (χ0v) is 17.2. The Balaban J connectivity index is 1.96. The molecule has 2 aromatic rings. The second kappa shape index (κ2) is 7.50. The van der Waals surface area contributed by atoms with Gasteiger partial charge in [-0.15, -0.1) is 0 Å². The van der Waals surface area contributed by atoms with E-state index < -0.39 is 0 Å². The molecule has 1 aliphatic rings. The summed E-state index contributed by atoms with van der Waals surface area (Å²) in [6.07, 6.45) is 1.71. The summed E-state index contributed by atoms with van der Waals surface area (Å²) in [7, 11) is 3.22. The SMILES string of the molecule is COc1cc(/C=C2/N=C(c3ccc(C(C)(C)C)cc3)NC2=O)c(OC)cc1C. The fourth-order valence-corrected chi connectivity index (χ4v) is 3.07. The van der Waals surface area contributed by atoms with Gasteiger partial charge in [0.2, 0.25) is 0 Å². The molecule has 1 amide bonds. The van der Waals surface area contributed by atoms with Crippen LogP contribution in [0.15, 0.2) is 47.1 Å². The molecule has 0 radical (unpaired) electrons. The molecule has 0 atom stereocenters. The van der Waals surface area contributed by atoms with E-state index in [0.717, 1.165) is 22.4 Å². The van der Waals surface area contributed by atoms with Crippen LogP contribution in [0.1, 0.15) is 43.0 Å². The normalized spacial score (nSPS) is 15.4. The highest BCUT2D eigenvalue weighted by molar-refractivity contribution is 6.19. The fourth-order valence-electron chi connectivity index (χ4n) is 3.07. The van der Waals surface area contributed by atoms with Gasteiger partial charge in [-0.05, 0) is 41.7 Å². The molecule has 0 fully saturated rings. The first-order valence-corrected chi connectivity index (χ1v) is 9.18. The molecule has 0 saturated carbocycles. The number of carbonyl (C=O) groups excluding carboxylic acids is 1. The molecule has 5 nitrogen and oxygen atoms in total. The predicted molar refractivity (Wildman–Crippen MR) is 112 cm³/mol. The number of amides is 1. The highest BCUT2D eigenvalue weighted by Crippen LogP contribution is 2.31. The molecule has 1 aliphatic heterocycles. The van der Waals surface area contributed by atoms with Gasteiger partial charge in [-0.1, -0.05) is 45.0 Å². The summed E-state index contributed by atoms with van der Waals surface area (Å²) in [5, 5.41) is 2.85. The van der Waals surface area contributed by atoms with Gasteiger partial charge in [-0.3, -0.25) is 4.79 Å². The third kappa shape index (κ3) is 3.93. The van der Waals surface area contributed by atoms with Crippen molar-refractivity contribution in [2.75, 3.05) is 14.2 Å². The largest absolute Gasteiger partial charge is 0.496 e. The maximum Gasteiger partial charge on any atom is 0.275 e. The van der Waals surface area contributed by atoms with E-state index in [1.165, 1.54) is 5.56 Å². The summed E-state index contributed by atoms with van der Waals surface area (Å²) < 4.78 is 10.8. The number of methoxy groups -OCH3 is 2. The smallest absolute Gasteiger partial charge is 0.275 e. The molecule has 3 rings (SSSR count). The molecule has 0 bridgehead atoms. The highest BCUT2D eigenvalue weighted by Gasteiger charge is 2.22. The van der Waals surface area contributed by atoms with Crippen molar-refractivity contribution in [1.82, 2.24) is 5.32 Å². The van der Waals surface area contributed by atoms with Gasteiger partial charge in [0.15, 0.2) is 0 Å². The molecule has 0 aliphatic carbocycles. The van der Waals surface area contributed by atoms with E-state index in [9.17, 15) is 4.79 Å². The zero-order chi connectivity index (χ0) is 20.5. The first-order chi connectivity index (χ1) is 13.2. The summed E-state index contributed by atoms with van der Waals surface area (Å²) in [6, 6.07) is 11.8. The third-order valence-electron chi connectivity index (χ3n) is 4.76. The van der Waals surface area contributed by atoms with Gasteiger partial charge in [0.25, 0.3) is 5.91 Å². The number of carbonyl (C=O) groups is 1. The molecular weight excluding hydrogens is 352 g/mol. The molecule has 1 N–H and O–H groups in total. The lowest BCUT2D eigenvalue weighted by Gasteiger charge is -2.19. The molecule has 0 aromatic heterocycles. The van der Waals surface area contributed by atoms with E-state index >= 15 is 0 Å². The van der Waals surface area contributed by atoms with Crippen molar-refractivity contribution < 1.29 is 14.3 Å². The molecule has 1 heterocycles. The van der Waals surface area contributed by atoms with E-state index in [2.05, 4.69) is 43.2 Å². The van der Waals surface area contributed by atoms with E-state index in [4.69, 9.17) is 9.47 Å². The van der Waals surface area contributed by atoms with Gasteiger partial charge >= 0.3 is 0 Å². The number of rotatable bonds is 4. The standard InChI is InChI=1S/C23H26N2O3/c1-14-11-20(28-6)16(13-19(14)27-5)12-18-22(26)25-21(24-18)15-7-9-17(10-8-15)23(2,3)4/h7-13H,1-6H3,(H,24,25,26)/b18-12+. The summed E-state index contributed by atoms with van der Waals surface area (Å²) >= 11 is 0. The van der Waals surface area contributed by atoms with Crippen molar-refractivity contribution in [1.29, 1.82) is 0 Å². The summed E-state index contributed by atoms with van der Waals surface area (Å²) in [4.78, 5) is 16.9. The fraction of sp³-hybridized carbons (Fsp3) is 0.304. The number of aliphatic imine (C=N–C) groups is 1. The van der Waals surface area contributed by atoms with Gasteiger partial charge in [0.05, 0.1) is 14.2 Å². The predicted octanol–water partition coefficient (Wildman–Crippen LogP) is 4.23. The quantitative estimate of drug-likeness (QED) is 0.810. The van der Waals surface area contributed by atoms with E-state index in [1.54, 1.807) is 20.3 Å². The number of nitrogens with zero attached hydrogens (tertiary/aromatic N) is 1. The number of nitrogens with one attached hydrogen (secondary N) is 1. The maximum absolute atomic E-state index is 12.4. The van der Waals surface area contributed by atoms with Crippen molar-refractivity contribution >= 4 is 17.8 Å². The molecule has 0 spiro atoms. The Labute approximate surface area is 166 Å². The highest BCUT2D eigenvalue weighted by atomic mass is 16.5. The minimum Gasteiger partial charge on any atom is -0.496 e. The molecular formula is C23H26N2O3. The van der Waals surface area contributed by atoms with Gasteiger partial charge in [0.1, 0.15) is 23.0 Å². The van der Waals surface area contributed by atoms with Crippen LogP contribution in [0, 0.1) is 6.92 Å². The lowest BCUT2D eigenvalue weighted by Crippen LogP contribution is -2.24. The molecule has 28 heavy (non-hydrogen) atoms. The average Bonchev–Trinajstić information content (AvgIpc) is 3.02. The maximum atomic E-state index is 12.4. The van der Waals surface area contributed by atoms with Crippen LogP contribution in [0.4, 0.5) is 0 Å². The Morgan fingerprint density at radius 2 is 1.64 bits per heavy atom. The summed E-state index contributed by atoms with van der Waals surface area (Å²) in [5.74, 6) is 1.70. The topological polar surface area (TPSA) is 59.9 Å². The van der Waals surface area contributed by atoms with Crippen LogP contribution in [-0.2, 0) is 10.2 Å². The number of amidine groups is 1. The van der Waals surface area contributed by atoms with Crippen LogP contribution >= 0.6 is 0 Å². The summed E-state index contributed by atoms with van der Waals surface area (Å²) in [6.45, 7) is 8.45. The van der Waals surface area contributed by atoms with E-state index in [-0.39, 0.29) is 11.3 Å². The van der Waals surface area contributed by atoms with Crippen LogP contribution in [0.2, 0.25) is 0 Å². The van der Waals surface area contributed by atoms with Crippen molar-refractivity contribution in [3.8, 4) is 11.5 Å². The lowest BCUT2D eigenvalue weighted by molar-refractivity contribution is -0.115. The van der Waals surface area contributed by atoms with E-state index in [1.807, 2.05) is 31.2 Å². The molecule has 146 valence electrons. The Bertz CT molecular complexity index is 965. The number of hydrogen-bond donors (Lipinski definition) is 1. The minimum absolute atomic E-state index is 0.0748. The van der Waals surface area contributed by atoms with Crippen LogP contribution in [0.3, 0.4) is 0 Å². The van der Waals surface area contributed by atoms with Crippen LogP contribution in [0.25, 0.3) is 6.08 Å². The second-order valence-corrected chi connectivity index (χ2v) is 7.84. The Morgan fingerprint density at radius 3 is 2.21 bits per heavy atom. The monoisotopic (exact) mass is 378 g/mol. The van der Waals surface area contributed by atoms with Crippen LogP contribution < -0.4 is 14.8 Å². The first kappa shape index (κ1) is 19.7. The minimum atomic E-state index is -0.239. The molecule has 0 saturated heterocycles. The van der Waals surface area contributed by atoms with E-state index in [0.29, 0.717) is 17.3 Å². The molecule has 2 aromatic carbocycles. The van der Waals surface area contributed by atoms with Gasteiger partial charge in [-0.2, -0.15) is 0 Å². The van der Waals surface area contributed by atoms with Crippen molar-refractivity contribution in [2.45, 2.75) is 33.1 Å². The van der Waals surface area contributed by atoms with Gasteiger partial charge in [-0.25, -0.2) is 4.99 Å². The van der Waals surface area contributed by atoms with Gasteiger partial charge < -0.3 is 14.8 Å². The lowest BCUT2D eigenvalue weighted by atomic mass is 9.86. The van der Waals surface area contributed by atoms with Crippen molar-refractivity contribution in [3.05, 3.63) is 64.3 Å². The molecule has 5 heteroatoms. The number of benzene rings is 2. The van der Waals surface area contributed by atoms with Crippen molar-refractivity contribution in [2.24, 2.45) is 4.99 Å². The Morgan fingerprint density at radius 1 is 1.00 bits per heavy atom. The summed E-state index contributed by atoms with van der Waals surface area (Å²) in [5.41, 5.74) is 4.21. The average molecular weight is 378 g/mol. The number of aryl methyl sites for hydroxylation is 1. The number of hydrogen-bond acceptors (Lipinski definition) is 4. The Kier molecular flexibility index (Phi) is 5.27. The second-order valence-electron chi connectivity index (χ2n) is 7.84.